The van der Waals surface area contributed by atoms with Crippen LogP contribution in [0.25, 0.3) is 0 Å². The molecule has 0 aliphatic heterocycles. The lowest BCUT2D eigenvalue weighted by atomic mass is 10.1. The zero-order chi connectivity index (χ0) is 13.8. The van der Waals surface area contributed by atoms with E-state index in [0.717, 1.165) is 25.7 Å². The van der Waals surface area contributed by atoms with Crippen molar-refractivity contribution in [3.63, 3.8) is 0 Å². The van der Waals surface area contributed by atoms with Crippen molar-refractivity contribution in [2.45, 2.75) is 38.3 Å². The predicted octanol–water partition coefficient (Wildman–Crippen LogP) is 3.72. The van der Waals surface area contributed by atoms with Crippen LogP contribution in [0.2, 0.25) is 0 Å². The van der Waals surface area contributed by atoms with Crippen LogP contribution in [0.5, 0.6) is 5.75 Å². The zero-order valence-electron chi connectivity index (χ0n) is 10.2. The van der Waals surface area contributed by atoms with Gasteiger partial charge >= 0.3 is 6.61 Å². The number of carbonyl (C=O) groups excluding carboxylic acids is 1. The molecule has 0 saturated heterocycles. The van der Waals surface area contributed by atoms with E-state index in [-0.39, 0.29) is 17.7 Å². The fourth-order valence-corrected chi connectivity index (χ4v) is 2.68. The molecule has 2 rings (SSSR count). The Bertz CT molecular complexity index is 462. The van der Waals surface area contributed by atoms with Crippen LogP contribution >= 0.6 is 15.9 Å². The molecule has 0 atom stereocenters. The Kier molecular flexibility index (Phi) is 4.74. The molecule has 0 bridgehead atoms. The average molecular weight is 334 g/mol. The van der Waals surface area contributed by atoms with Crippen LogP contribution in [0.1, 0.15) is 36.0 Å². The number of benzene rings is 1. The SMILES string of the molecule is O=C(NC1CCCC1)c1cc(Br)cc(OC(F)F)c1. The number of hydrogen-bond donors (Lipinski definition) is 1. The number of amides is 1. The molecule has 1 saturated carbocycles. The standard InChI is InChI=1S/C13H14BrF2NO2/c14-9-5-8(6-11(7-9)19-13(15)16)12(18)17-10-3-1-2-4-10/h5-7,10,13H,1-4H2,(H,17,18). The van der Waals surface area contributed by atoms with Gasteiger partial charge in [-0.3, -0.25) is 4.79 Å². The Morgan fingerprint density at radius 2 is 2.00 bits per heavy atom. The predicted molar refractivity (Wildman–Crippen MR) is 70.5 cm³/mol. The summed E-state index contributed by atoms with van der Waals surface area (Å²) >= 11 is 3.18. The summed E-state index contributed by atoms with van der Waals surface area (Å²) in [5.41, 5.74) is 0.317. The van der Waals surface area contributed by atoms with Crippen LogP contribution in [0, 0.1) is 0 Å². The minimum absolute atomic E-state index is 0.0269. The van der Waals surface area contributed by atoms with Crippen LogP contribution in [-0.4, -0.2) is 18.6 Å². The summed E-state index contributed by atoms with van der Waals surface area (Å²) < 4.78 is 29.2. The first kappa shape index (κ1) is 14.2. The highest BCUT2D eigenvalue weighted by Crippen LogP contribution is 2.24. The van der Waals surface area contributed by atoms with Crippen molar-refractivity contribution in [1.29, 1.82) is 0 Å². The number of rotatable bonds is 4. The second-order valence-corrected chi connectivity index (χ2v) is 5.42. The summed E-state index contributed by atoms with van der Waals surface area (Å²) in [7, 11) is 0. The van der Waals surface area contributed by atoms with Gasteiger partial charge in [-0.15, -0.1) is 0 Å². The van der Waals surface area contributed by atoms with E-state index in [1.807, 2.05) is 0 Å². The lowest BCUT2D eigenvalue weighted by Gasteiger charge is -2.13. The van der Waals surface area contributed by atoms with Gasteiger partial charge in [-0.25, -0.2) is 0 Å². The minimum atomic E-state index is -2.90. The molecule has 19 heavy (non-hydrogen) atoms. The van der Waals surface area contributed by atoms with Crippen molar-refractivity contribution >= 4 is 21.8 Å². The number of alkyl halides is 2. The van der Waals surface area contributed by atoms with Crippen LogP contribution in [0.15, 0.2) is 22.7 Å². The van der Waals surface area contributed by atoms with Gasteiger partial charge in [-0.05, 0) is 31.0 Å². The summed E-state index contributed by atoms with van der Waals surface area (Å²) in [5.74, 6) is -0.284. The van der Waals surface area contributed by atoms with Gasteiger partial charge in [-0.2, -0.15) is 8.78 Å². The van der Waals surface area contributed by atoms with Gasteiger partial charge in [-0.1, -0.05) is 28.8 Å². The van der Waals surface area contributed by atoms with Crippen LogP contribution in [0.3, 0.4) is 0 Å². The van der Waals surface area contributed by atoms with E-state index in [4.69, 9.17) is 0 Å². The van der Waals surface area contributed by atoms with Gasteiger partial charge in [0, 0.05) is 16.1 Å². The molecule has 0 aromatic heterocycles. The van der Waals surface area contributed by atoms with Gasteiger partial charge in [0.15, 0.2) is 0 Å². The number of ether oxygens (including phenoxy) is 1. The molecule has 3 nitrogen and oxygen atoms in total. The van der Waals surface area contributed by atoms with Crippen molar-refractivity contribution in [2.24, 2.45) is 0 Å². The Labute approximate surface area is 118 Å². The van der Waals surface area contributed by atoms with Gasteiger partial charge in [0.25, 0.3) is 5.91 Å². The van der Waals surface area contributed by atoms with Crippen molar-refractivity contribution in [2.75, 3.05) is 0 Å². The van der Waals surface area contributed by atoms with Crippen LogP contribution < -0.4 is 10.1 Å². The first-order valence-electron chi connectivity index (χ1n) is 6.11. The van der Waals surface area contributed by atoms with E-state index in [1.54, 1.807) is 6.07 Å². The maximum absolute atomic E-state index is 12.2. The monoisotopic (exact) mass is 333 g/mol. The Hall–Kier alpha value is -1.17. The lowest BCUT2D eigenvalue weighted by molar-refractivity contribution is -0.0499. The van der Waals surface area contributed by atoms with Crippen molar-refractivity contribution < 1.29 is 18.3 Å². The maximum Gasteiger partial charge on any atom is 0.387 e. The summed E-state index contributed by atoms with van der Waals surface area (Å²) in [5, 5.41) is 2.90. The third-order valence-electron chi connectivity index (χ3n) is 3.05. The Morgan fingerprint density at radius 3 is 2.63 bits per heavy atom. The van der Waals surface area contributed by atoms with Crippen LogP contribution in [-0.2, 0) is 0 Å². The van der Waals surface area contributed by atoms with Crippen molar-refractivity contribution in [1.82, 2.24) is 5.32 Å². The van der Waals surface area contributed by atoms with E-state index in [1.165, 1.54) is 12.1 Å². The summed E-state index contributed by atoms with van der Waals surface area (Å²) in [4.78, 5) is 12.0. The second kappa shape index (κ2) is 6.32. The Balaban J connectivity index is 2.09. The Morgan fingerprint density at radius 1 is 1.32 bits per heavy atom. The smallest absolute Gasteiger partial charge is 0.387 e. The normalized spacial score (nSPS) is 15.8. The highest BCUT2D eigenvalue weighted by atomic mass is 79.9. The van der Waals surface area contributed by atoms with Gasteiger partial charge < -0.3 is 10.1 Å². The van der Waals surface area contributed by atoms with Crippen LogP contribution in [0.4, 0.5) is 8.78 Å². The maximum atomic E-state index is 12.2. The molecule has 0 heterocycles. The molecule has 1 aromatic carbocycles. The molecule has 1 aromatic rings. The summed E-state index contributed by atoms with van der Waals surface area (Å²) in [6, 6.07) is 4.49. The largest absolute Gasteiger partial charge is 0.435 e. The number of halogens is 3. The molecule has 6 heteroatoms. The first-order valence-corrected chi connectivity index (χ1v) is 6.90. The number of carbonyl (C=O) groups is 1. The zero-order valence-corrected chi connectivity index (χ0v) is 11.8. The highest BCUT2D eigenvalue weighted by molar-refractivity contribution is 9.10. The van der Waals surface area contributed by atoms with Crippen molar-refractivity contribution in [3.05, 3.63) is 28.2 Å². The van der Waals surface area contributed by atoms with E-state index in [9.17, 15) is 13.6 Å². The van der Waals surface area contributed by atoms with Gasteiger partial charge in [0.05, 0.1) is 0 Å². The molecule has 0 radical (unpaired) electrons. The van der Waals surface area contributed by atoms with Crippen molar-refractivity contribution in [3.8, 4) is 5.75 Å². The molecular formula is C13H14BrF2NO2. The fraction of sp³-hybridized carbons (Fsp3) is 0.462. The summed E-state index contributed by atoms with van der Waals surface area (Å²) in [6.45, 7) is -2.90. The van der Waals surface area contributed by atoms with E-state index >= 15 is 0 Å². The molecule has 0 unspecified atom stereocenters. The first-order chi connectivity index (χ1) is 9.04. The van der Waals surface area contributed by atoms with E-state index < -0.39 is 6.61 Å². The molecule has 1 N–H and O–H groups in total. The van der Waals surface area contributed by atoms with E-state index in [2.05, 4.69) is 26.0 Å². The van der Waals surface area contributed by atoms with Gasteiger partial charge in [0.2, 0.25) is 0 Å². The third kappa shape index (κ3) is 4.16. The quantitative estimate of drug-likeness (QED) is 0.911. The minimum Gasteiger partial charge on any atom is -0.435 e. The topological polar surface area (TPSA) is 38.3 Å². The third-order valence-corrected chi connectivity index (χ3v) is 3.51. The molecule has 0 spiro atoms. The lowest BCUT2D eigenvalue weighted by Crippen LogP contribution is -2.32. The van der Waals surface area contributed by atoms with E-state index in [0.29, 0.717) is 10.0 Å². The molecular weight excluding hydrogens is 320 g/mol. The molecule has 104 valence electrons. The highest BCUT2D eigenvalue weighted by Gasteiger charge is 2.19. The number of hydrogen-bond acceptors (Lipinski definition) is 2. The molecule has 1 fully saturated rings. The van der Waals surface area contributed by atoms with Gasteiger partial charge in [0.1, 0.15) is 5.75 Å². The second-order valence-electron chi connectivity index (χ2n) is 4.51. The fourth-order valence-electron chi connectivity index (χ4n) is 2.20. The molecule has 1 aliphatic carbocycles. The summed E-state index contributed by atoms with van der Waals surface area (Å²) in [6.07, 6.45) is 4.17. The number of nitrogens with one attached hydrogen (secondary N) is 1. The average Bonchev–Trinajstić information content (AvgIpc) is 2.80. The molecule has 1 aliphatic rings. The molecule has 1 amide bonds.